The summed E-state index contributed by atoms with van der Waals surface area (Å²) in [6.45, 7) is 1.90. The second-order valence-electron chi connectivity index (χ2n) is 3.35. The van der Waals surface area contributed by atoms with Crippen molar-refractivity contribution in [1.29, 1.82) is 0 Å². The van der Waals surface area contributed by atoms with E-state index in [1.54, 1.807) is 6.07 Å². The molecule has 2 rings (SSSR count). The molecule has 84 valence electrons. The lowest BCUT2D eigenvalue weighted by Crippen LogP contribution is -1.93. The average molecular weight is 226 g/mol. The molecule has 0 aliphatic rings. The van der Waals surface area contributed by atoms with Gasteiger partial charge in [-0.3, -0.25) is 5.10 Å². The average Bonchev–Trinajstić information content (AvgIpc) is 2.74. The van der Waals surface area contributed by atoms with E-state index >= 15 is 0 Å². The van der Waals surface area contributed by atoms with Crippen LogP contribution in [0.15, 0.2) is 18.2 Å². The summed E-state index contributed by atoms with van der Waals surface area (Å²) in [5.74, 6) is -3.89. The number of hydrogen-bond acceptors (Lipinski definition) is 1. The summed E-state index contributed by atoms with van der Waals surface area (Å²) in [6.07, 6.45) is 0.707. The number of aromatic amines is 1. The van der Waals surface area contributed by atoms with E-state index in [4.69, 9.17) is 0 Å². The normalized spacial score (nSPS) is 10.8. The van der Waals surface area contributed by atoms with Gasteiger partial charge in [-0.2, -0.15) is 5.10 Å². The van der Waals surface area contributed by atoms with Gasteiger partial charge in [0, 0.05) is 11.3 Å². The molecular formula is C11H9F3N2. The second-order valence-corrected chi connectivity index (χ2v) is 3.35. The summed E-state index contributed by atoms with van der Waals surface area (Å²) in [5.41, 5.74) is 1.03. The highest BCUT2D eigenvalue weighted by molar-refractivity contribution is 5.60. The number of H-pyrrole nitrogens is 1. The van der Waals surface area contributed by atoms with Gasteiger partial charge in [0.2, 0.25) is 0 Å². The number of rotatable bonds is 2. The lowest BCUT2D eigenvalue weighted by molar-refractivity contribution is 0.449. The van der Waals surface area contributed by atoms with Gasteiger partial charge >= 0.3 is 0 Å². The van der Waals surface area contributed by atoms with Gasteiger partial charge in [-0.1, -0.05) is 6.92 Å². The van der Waals surface area contributed by atoms with Crippen LogP contribution in [0.5, 0.6) is 0 Å². The topological polar surface area (TPSA) is 28.7 Å². The van der Waals surface area contributed by atoms with Crippen LogP contribution in [0.2, 0.25) is 0 Å². The van der Waals surface area contributed by atoms with Crippen molar-refractivity contribution in [3.05, 3.63) is 41.3 Å². The molecule has 0 atom stereocenters. The molecular weight excluding hydrogens is 217 g/mol. The quantitative estimate of drug-likeness (QED) is 0.783. The summed E-state index contributed by atoms with van der Waals surface area (Å²) >= 11 is 0. The second kappa shape index (κ2) is 4.00. The summed E-state index contributed by atoms with van der Waals surface area (Å²) in [6, 6.07) is 3.66. The Kier molecular flexibility index (Phi) is 2.68. The molecule has 5 heteroatoms. The van der Waals surface area contributed by atoms with E-state index in [0.717, 1.165) is 11.8 Å². The smallest absolute Gasteiger partial charge is 0.195 e. The number of nitrogens with zero attached hydrogens (tertiary/aromatic N) is 1. The molecule has 0 radical (unpaired) electrons. The van der Waals surface area contributed by atoms with Gasteiger partial charge in [-0.05, 0) is 24.6 Å². The van der Waals surface area contributed by atoms with Gasteiger partial charge in [0.1, 0.15) is 0 Å². The van der Waals surface area contributed by atoms with Crippen molar-refractivity contribution in [2.24, 2.45) is 0 Å². The van der Waals surface area contributed by atoms with Crippen LogP contribution in [0.3, 0.4) is 0 Å². The molecule has 2 aromatic rings. The molecule has 0 aliphatic heterocycles. The van der Waals surface area contributed by atoms with Crippen LogP contribution < -0.4 is 0 Å². The zero-order valence-corrected chi connectivity index (χ0v) is 8.52. The standard InChI is InChI=1S/C11H9F3N2/c1-2-6-5-9(16-15-6)7-3-4-8(12)11(14)10(7)13/h3-5H,2H2,1H3,(H,15,16). The number of nitrogens with one attached hydrogen (secondary N) is 1. The fraction of sp³-hybridized carbons (Fsp3) is 0.182. The predicted molar refractivity (Wildman–Crippen MR) is 53.3 cm³/mol. The van der Waals surface area contributed by atoms with Crippen molar-refractivity contribution in [3.8, 4) is 11.3 Å². The van der Waals surface area contributed by atoms with E-state index in [1.165, 1.54) is 6.07 Å². The molecule has 0 saturated carbocycles. The maximum absolute atomic E-state index is 13.4. The fourth-order valence-corrected chi connectivity index (χ4v) is 1.40. The molecule has 0 fully saturated rings. The third-order valence-electron chi connectivity index (χ3n) is 2.32. The van der Waals surface area contributed by atoms with Gasteiger partial charge in [0.25, 0.3) is 0 Å². The lowest BCUT2D eigenvalue weighted by Gasteiger charge is -2.00. The summed E-state index contributed by atoms with van der Waals surface area (Å²) < 4.78 is 39.1. The molecule has 1 N–H and O–H groups in total. The highest BCUT2D eigenvalue weighted by Crippen LogP contribution is 2.24. The lowest BCUT2D eigenvalue weighted by atomic mass is 10.1. The molecule has 0 spiro atoms. The first-order chi connectivity index (χ1) is 7.63. The van der Waals surface area contributed by atoms with Gasteiger partial charge in [-0.15, -0.1) is 0 Å². The first kappa shape index (κ1) is 10.7. The molecule has 2 nitrogen and oxygen atoms in total. The Morgan fingerprint density at radius 1 is 1.19 bits per heavy atom. The molecule has 1 aromatic carbocycles. The van der Waals surface area contributed by atoms with Gasteiger partial charge in [0.15, 0.2) is 17.5 Å². The van der Waals surface area contributed by atoms with Crippen LogP contribution >= 0.6 is 0 Å². The van der Waals surface area contributed by atoms with Gasteiger partial charge < -0.3 is 0 Å². The Morgan fingerprint density at radius 2 is 1.94 bits per heavy atom. The van der Waals surface area contributed by atoms with Crippen molar-refractivity contribution >= 4 is 0 Å². The van der Waals surface area contributed by atoms with Crippen molar-refractivity contribution in [3.63, 3.8) is 0 Å². The van der Waals surface area contributed by atoms with Crippen LogP contribution in [0.1, 0.15) is 12.6 Å². The highest BCUT2D eigenvalue weighted by Gasteiger charge is 2.16. The van der Waals surface area contributed by atoms with Gasteiger partial charge in [-0.25, -0.2) is 13.2 Å². The van der Waals surface area contributed by atoms with Crippen molar-refractivity contribution in [1.82, 2.24) is 10.2 Å². The molecule has 1 heterocycles. The number of benzene rings is 1. The third-order valence-corrected chi connectivity index (χ3v) is 2.32. The largest absolute Gasteiger partial charge is 0.282 e. The number of halogens is 3. The monoisotopic (exact) mass is 226 g/mol. The SMILES string of the molecule is CCc1cc(-c2ccc(F)c(F)c2F)n[nH]1. The Bertz CT molecular complexity index is 520. The Morgan fingerprint density at radius 3 is 2.56 bits per heavy atom. The molecule has 0 unspecified atom stereocenters. The highest BCUT2D eigenvalue weighted by atomic mass is 19.2. The van der Waals surface area contributed by atoms with Crippen molar-refractivity contribution in [2.45, 2.75) is 13.3 Å². The minimum absolute atomic E-state index is 0.0464. The van der Waals surface area contributed by atoms with Crippen LogP contribution in [0, 0.1) is 17.5 Å². The van der Waals surface area contributed by atoms with E-state index in [-0.39, 0.29) is 11.3 Å². The summed E-state index contributed by atoms with van der Waals surface area (Å²) in [5, 5.41) is 6.52. The van der Waals surface area contributed by atoms with Crippen LogP contribution in [0.25, 0.3) is 11.3 Å². The van der Waals surface area contributed by atoms with Crippen molar-refractivity contribution in [2.75, 3.05) is 0 Å². The predicted octanol–water partition coefficient (Wildman–Crippen LogP) is 3.06. The summed E-state index contributed by atoms with van der Waals surface area (Å²) in [7, 11) is 0. The maximum atomic E-state index is 13.4. The Balaban J connectivity index is 2.52. The number of hydrogen-bond donors (Lipinski definition) is 1. The zero-order chi connectivity index (χ0) is 11.7. The zero-order valence-electron chi connectivity index (χ0n) is 8.52. The van der Waals surface area contributed by atoms with E-state index in [2.05, 4.69) is 10.2 Å². The van der Waals surface area contributed by atoms with Crippen molar-refractivity contribution < 1.29 is 13.2 Å². The van der Waals surface area contributed by atoms with Crippen LogP contribution in [-0.4, -0.2) is 10.2 Å². The summed E-state index contributed by atoms with van der Waals surface area (Å²) in [4.78, 5) is 0. The van der Waals surface area contributed by atoms with E-state index in [1.807, 2.05) is 6.92 Å². The first-order valence-electron chi connectivity index (χ1n) is 4.81. The van der Waals surface area contributed by atoms with Crippen LogP contribution in [0.4, 0.5) is 13.2 Å². The third kappa shape index (κ3) is 1.68. The minimum Gasteiger partial charge on any atom is -0.282 e. The Hall–Kier alpha value is -1.78. The van der Waals surface area contributed by atoms with Crippen LogP contribution in [-0.2, 0) is 6.42 Å². The minimum atomic E-state index is -1.47. The Labute approximate surface area is 90.1 Å². The molecule has 1 aromatic heterocycles. The molecule has 16 heavy (non-hydrogen) atoms. The number of aromatic nitrogens is 2. The molecule has 0 aliphatic carbocycles. The van der Waals surface area contributed by atoms with Gasteiger partial charge in [0.05, 0.1) is 5.69 Å². The van der Waals surface area contributed by atoms with E-state index < -0.39 is 17.5 Å². The fourth-order valence-electron chi connectivity index (χ4n) is 1.40. The maximum Gasteiger partial charge on any atom is 0.195 e. The van der Waals surface area contributed by atoms with E-state index in [0.29, 0.717) is 6.42 Å². The molecule has 0 amide bonds. The van der Waals surface area contributed by atoms with E-state index in [9.17, 15) is 13.2 Å². The number of aryl methyl sites for hydroxylation is 1. The first-order valence-corrected chi connectivity index (χ1v) is 4.81. The molecule has 0 saturated heterocycles. The molecule has 0 bridgehead atoms.